The Labute approximate surface area is 91.7 Å². The van der Waals surface area contributed by atoms with Gasteiger partial charge in [0.05, 0.1) is 0 Å². The van der Waals surface area contributed by atoms with Gasteiger partial charge in [-0.1, -0.05) is 12.2 Å². The Balaban J connectivity index is 1.75. The van der Waals surface area contributed by atoms with E-state index >= 15 is 0 Å². The molecule has 0 aromatic carbocycles. The van der Waals surface area contributed by atoms with Crippen LogP contribution in [0, 0.1) is 0 Å². The normalized spacial score (nSPS) is 37.6. The molecule has 0 amide bonds. The quantitative estimate of drug-likeness (QED) is 0.720. The fourth-order valence-electron chi connectivity index (χ4n) is 2.56. The predicted octanol–water partition coefficient (Wildman–Crippen LogP) is 2.97. The molecule has 1 fully saturated rings. The third-order valence-corrected chi connectivity index (χ3v) is 4.52. The molecule has 0 heterocycles. The van der Waals surface area contributed by atoms with Gasteiger partial charge in [0.15, 0.2) is 0 Å². The summed E-state index contributed by atoms with van der Waals surface area (Å²) in [5.41, 5.74) is 0. The third-order valence-electron chi connectivity index (χ3n) is 3.42. The van der Waals surface area contributed by atoms with E-state index in [-0.39, 0.29) is 0 Å². The lowest BCUT2D eigenvalue weighted by molar-refractivity contribution is 0.443. The molecule has 3 atom stereocenters. The molecule has 2 aliphatic carbocycles. The van der Waals surface area contributed by atoms with Crippen molar-refractivity contribution < 1.29 is 0 Å². The smallest absolute Gasteiger partial charge is 0.0252 e. The molecule has 0 spiro atoms. The van der Waals surface area contributed by atoms with Gasteiger partial charge in [-0.2, -0.15) is 11.8 Å². The Morgan fingerprint density at radius 2 is 2.21 bits per heavy atom. The van der Waals surface area contributed by atoms with Crippen molar-refractivity contribution in [3.63, 3.8) is 0 Å². The lowest BCUT2D eigenvalue weighted by Gasteiger charge is -2.22. The van der Waals surface area contributed by atoms with E-state index in [2.05, 4.69) is 23.7 Å². The lowest BCUT2D eigenvalue weighted by Crippen LogP contribution is -2.36. The Bertz CT molecular complexity index is 202. The summed E-state index contributed by atoms with van der Waals surface area (Å²) in [7, 11) is 0. The second kappa shape index (κ2) is 5.22. The van der Waals surface area contributed by atoms with Crippen molar-refractivity contribution in [1.82, 2.24) is 5.32 Å². The van der Waals surface area contributed by atoms with Crippen LogP contribution in [-0.2, 0) is 0 Å². The van der Waals surface area contributed by atoms with Crippen LogP contribution in [-0.4, -0.2) is 23.6 Å². The summed E-state index contributed by atoms with van der Waals surface area (Å²) in [4.78, 5) is 0. The average Bonchev–Trinajstić information content (AvgIpc) is 2.67. The lowest BCUT2D eigenvalue weighted by atomic mass is 10.0. The largest absolute Gasteiger partial charge is 0.308 e. The Hall–Kier alpha value is 0.0500. The van der Waals surface area contributed by atoms with Crippen molar-refractivity contribution in [3.8, 4) is 0 Å². The fraction of sp³-hybridized carbons (Fsp3) is 0.833. The molecule has 2 rings (SSSR count). The molecule has 80 valence electrons. The van der Waals surface area contributed by atoms with Crippen LogP contribution in [0.25, 0.3) is 0 Å². The van der Waals surface area contributed by atoms with Crippen LogP contribution < -0.4 is 5.32 Å². The summed E-state index contributed by atoms with van der Waals surface area (Å²) in [5.74, 6) is 0. The molecular weight excluding hydrogens is 190 g/mol. The van der Waals surface area contributed by atoms with Crippen LogP contribution in [0.2, 0.25) is 0 Å². The summed E-state index contributed by atoms with van der Waals surface area (Å²) >= 11 is 2.04. The molecule has 2 heteroatoms. The summed E-state index contributed by atoms with van der Waals surface area (Å²) in [6.07, 6.45) is 15.1. The van der Waals surface area contributed by atoms with E-state index in [1.807, 2.05) is 11.8 Å². The first-order valence-corrected chi connectivity index (χ1v) is 7.13. The number of nitrogens with one attached hydrogen (secondary N) is 1. The van der Waals surface area contributed by atoms with Crippen LogP contribution in [0.3, 0.4) is 0 Å². The maximum atomic E-state index is 3.78. The van der Waals surface area contributed by atoms with Gasteiger partial charge < -0.3 is 5.32 Å². The van der Waals surface area contributed by atoms with E-state index < -0.39 is 0 Å². The first kappa shape index (κ1) is 10.6. The Morgan fingerprint density at radius 1 is 1.29 bits per heavy atom. The highest BCUT2D eigenvalue weighted by Crippen LogP contribution is 2.28. The molecule has 0 aromatic heterocycles. The van der Waals surface area contributed by atoms with Gasteiger partial charge in [-0.25, -0.2) is 0 Å². The van der Waals surface area contributed by atoms with Crippen molar-refractivity contribution >= 4 is 11.8 Å². The van der Waals surface area contributed by atoms with Crippen LogP contribution in [0.1, 0.15) is 38.5 Å². The highest BCUT2D eigenvalue weighted by molar-refractivity contribution is 7.99. The van der Waals surface area contributed by atoms with Gasteiger partial charge in [0.1, 0.15) is 0 Å². The van der Waals surface area contributed by atoms with Crippen molar-refractivity contribution in [2.75, 3.05) is 6.26 Å². The molecular formula is C12H21NS. The van der Waals surface area contributed by atoms with Crippen molar-refractivity contribution in [2.24, 2.45) is 0 Å². The molecule has 0 saturated heterocycles. The van der Waals surface area contributed by atoms with Crippen LogP contribution in [0.5, 0.6) is 0 Å². The second-order valence-electron chi connectivity index (χ2n) is 4.50. The Morgan fingerprint density at radius 3 is 2.86 bits per heavy atom. The van der Waals surface area contributed by atoms with E-state index in [0.717, 1.165) is 11.3 Å². The maximum Gasteiger partial charge on any atom is 0.0252 e. The first-order valence-electron chi connectivity index (χ1n) is 5.84. The van der Waals surface area contributed by atoms with E-state index in [1.165, 1.54) is 38.5 Å². The van der Waals surface area contributed by atoms with Gasteiger partial charge in [0.2, 0.25) is 0 Å². The zero-order valence-corrected chi connectivity index (χ0v) is 9.85. The first-order chi connectivity index (χ1) is 6.88. The van der Waals surface area contributed by atoms with Crippen LogP contribution in [0.4, 0.5) is 0 Å². The second-order valence-corrected chi connectivity index (χ2v) is 5.64. The highest BCUT2D eigenvalue weighted by Gasteiger charge is 2.25. The Kier molecular flexibility index (Phi) is 3.94. The summed E-state index contributed by atoms with van der Waals surface area (Å²) < 4.78 is 0. The molecule has 14 heavy (non-hydrogen) atoms. The molecule has 1 N–H and O–H groups in total. The SMILES string of the molecule is CSC1CCC(NC2C=CCCC2)C1. The predicted molar refractivity (Wildman–Crippen MR) is 64.9 cm³/mol. The van der Waals surface area contributed by atoms with Crippen LogP contribution in [0.15, 0.2) is 12.2 Å². The minimum atomic E-state index is 0.675. The monoisotopic (exact) mass is 211 g/mol. The molecule has 3 unspecified atom stereocenters. The van der Waals surface area contributed by atoms with Crippen molar-refractivity contribution in [1.29, 1.82) is 0 Å². The van der Waals surface area contributed by atoms with E-state index in [0.29, 0.717) is 6.04 Å². The van der Waals surface area contributed by atoms with E-state index in [9.17, 15) is 0 Å². The molecule has 0 bridgehead atoms. The minimum Gasteiger partial charge on any atom is -0.308 e. The third kappa shape index (κ3) is 2.77. The molecule has 0 aromatic rings. The van der Waals surface area contributed by atoms with Crippen LogP contribution >= 0.6 is 11.8 Å². The van der Waals surface area contributed by atoms with Gasteiger partial charge in [0, 0.05) is 17.3 Å². The van der Waals surface area contributed by atoms with Gasteiger partial charge in [-0.3, -0.25) is 0 Å². The zero-order valence-electron chi connectivity index (χ0n) is 9.04. The topological polar surface area (TPSA) is 12.0 Å². The van der Waals surface area contributed by atoms with Gasteiger partial charge in [-0.05, 0) is 44.8 Å². The molecule has 1 saturated carbocycles. The number of hydrogen-bond acceptors (Lipinski definition) is 2. The van der Waals surface area contributed by atoms with Gasteiger partial charge in [-0.15, -0.1) is 0 Å². The zero-order chi connectivity index (χ0) is 9.80. The average molecular weight is 211 g/mol. The highest BCUT2D eigenvalue weighted by atomic mass is 32.2. The molecule has 0 radical (unpaired) electrons. The molecule has 0 aliphatic heterocycles. The summed E-state index contributed by atoms with van der Waals surface area (Å²) in [6, 6.07) is 1.47. The molecule has 1 nitrogen and oxygen atoms in total. The number of allylic oxidation sites excluding steroid dienone is 1. The maximum absolute atomic E-state index is 3.78. The van der Waals surface area contributed by atoms with Crippen molar-refractivity contribution in [3.05, 3.63) is 12.2 Å². The number of thioether (sulfide) groups is 1. The summed E-state index contributed by atoms with van der Waals surface area (Å²) in [5, 5.41) is 4.70. The van der Waals surface area contributed by atoms with E-state index in [4.69, 9.17) is 0 Å². The molecule has 2 aliphatic rings. The number of rotatable bonds is 3. The summed E-state index contributed by atoms with van der Waals surface area (Å²) in [6.45, 7) is 0. The standard InChI is InChI=1S/C12H21NS/c1-14-12-8-7-11(9-12)13-10-5-3-2-4-6-10/h3,5,10-13H,2,4,6-9H2,1H3. The van der Waals surface area contributed by atoms with Gasteiger partial charge >= 0.3 is 0 Å². The van der Waals surface area contributed by atoms with Gasteiger partial charge in [0.25, 0.3) is 0 Å². The fourth-order valence-corrected chi connectivity index (χ4v) is 3.36. The van der Waals surface area contributed by atoms with Crippen molar-refractivity contribution in [2.45, 2.75) is 55.9 Å². The minimum absolute atomic E-state index is 0.675. The van der Waals surface area contributed by atoms with E-state index in [1.54, 1.807) is 0 Å². The number of hydrogen-bond donors (Lipinski definition) is 1.